The highest BCUT2D eigenvalue weighted by molar-refractivity contribution is 5.89. The lowest BCUT2D eigenvalue weighted by Crippen LogP contribution is -2.01. The van der Waals surface area contributed by atoms with Crippen LogP contribution in [0.15, 0.2) is 24.5 Å². The highest BCUT2D eigenvalue weighted by atomic mass is 16.5. The van der Waals surface area contributed by atoms with Crippen LogP contribution in [-0.4, -0.2) is 18.2 Å². The molecule has 1 N–H and O–H groups in total. The van der Waals surface area contributed by atoms with Crippen LogP contribution in [0.4, 0.5) is 0 Å². The first kappa shape index (κ1) is 7.75. The average Bonchev–Trinajstić information content (AvgIpc) is 1.84. The van der Waals surface area contributed by atoms with Crippen LogP contribution in [0.3, 0.4) is 0 Å². The second-order valence-corrected chi connectivity index (χ2v) is 1.41. The molecule has 0 saturated heterocycles. The van der Waals surface area contributed by atoms with Crippen LogP contribution in [0, 0.1) is 0 Å². The normalized spacial score (nSPS) is 8.11. The van der Waals surface area contributed by atoms with Crippen LogP contribution in [0.5, 0.6) is 0 Å². The minimum absolute atomic E-state index is 0.0856. The van der Waals surface area contributed by atoms with Gasteiger partial charge in [0.05, 0.1) is 12.7 Å². The van der Waals surface area contributed by atoms with E-state index in [1.807, 2.05) is 0 Å². The molecule has 50 valence electrons. The Bertz CT molecular complexity index is 158. The summed E-state index contributed by atoms with van der Waals surface area (Å²) in [6.45, 7) is 6.49. The molecule has 0 aromatic heterocycles. The Morgan fingerprint density at radius 2 is 2.00 bits per heavy atom. The zero-order valence-electron chi connectivity index (χ0n) is 5.18. The van der Waals surface area contributed by atoms with E-state index in [0.717, 1.165) is 0 Å². The summed E-state index contributed by atoms with van der Waals surface area (Å²) in [5.74, 6) is -1.02. The first-order valence-electron chi connectivity index (χ1n) is 2.25. The molecule has 0 bridgehead atoms. The Balaban J connectivity index is 4.05. The Morgan fingerprint density at radius 3 is 2.11 bits per heavy atom. The van der Waals surface area contributed by atoms with Gasteiger partial charge in [-0.25, -0.2) is 4.79 Å². The third kappa shape index (κ3) is 1.99. The molecule has 3 heteroatoms. The molecule has 0 amide bonds. The van der Waals surface area contributed by atoms with E-state index in [-0.39, 0.29) is 11.3 Å². The smallest absolute Gasteiger partial charge is 0.338 e. The number of carboxylic acid groups (broad SMARTS) is 1. The predicted molar refractivity (Wildman–Crippen MR) is 32.9 cm³/mol. The molecule has 0 aliphatic heterocycles. The van der Waals surface area contributed by atoms with Crippen LogP contribution in [0.25, 0.3) is 0 Å². The molecule has 0 heterocycles. The standard InChI is InChI=1S/C6H8O3/c1-4(6(7)8)5(2)9-3/h1-2H2,3H3,(H,7,8). The van der Waals surface area contributed by atoms with Gasteiger partial charge in [0, 0.05) is 0 Å². The molecule has 0 aliphatic carbocycles. The molecule has 0 unspecified atom stereocenters. The topological polar surface area (TPSA) is 46.5 Å². The van der Waals surface area contributed by atoms with Gasteiger partial charge in [0.25, 0.3) is 0 Å². The van der Waals surface area contributed by atoms with Crippen LogP contribution >= 0.6 is 0 Å². The highest BCUT2D eigenvalue weighted by Gasteiger charge is 2.06. The molecule has 0 radical (unpaired) electrons. The summed E-state index contributed by atoms with van der Waals surface area (Å²) in [6, 6.07) is 0. The van der Waals surface area contributed by atoms with Gasteiger partial charge in [0.1, 0.15) is 5.76 Å². The molecule has 0 aromatic carbocycles. The number of rotatable bonds is 3. The molecule has 0 rings (SSSR count). The summed E-state index contributed by atoms with van der Waals surface area (Å²) in [4.78, 5) is 10.1. The van der Waals surface area contributed by atoms with Crippen molar-refractivity contribution in [1.82, 2.24) is 0 Å². The predicted octanol–water partition coefficient (Wildman–Crippen LogP) is 0.787. The lowest BCUT2D eigenvalue weighted by atomic mass is 10.3. The van der Waals surface area contributed by atoms with Crippen molar-refractivity contribution in [2.45, 2.75) is 0 Å². The molecule has 0 saturated carbocycles. The van der Waals surface area contributed by atoms with Crippen LogP contribution in [-0.2, 0) is 9.53 Å². The number of ether oxygens (including phenoxy) is 1. The molecule has 3 nitrogen and oxygen atoms in total. The molecular formula is C6H8O3. The first-order chi connectivity index (χ1) is 4.09. The minimum Gasteiger partial charge on any atom is -0.497 e. The van der Waals surface area contributed by atoms with E-state index >= 15 is 0 Å². The highest BCUT2D eigenvalue weighted by Crippen LogP contribution is 2.03. The second-order valence-electron chi connectivity index (χ2n) is 1.41. The third-order valence-electron chi connectivity index (χ3n) is 0.841. The van der Waals surface area contributed by atoms with Crippen molar-refractivity contribution in [2.75, 3.05) is 7.11 Å². The molecule has 0 atom stereocenters. The van der Waals surface area contributed by atoms with E-state index in [0.29, 0.717) is 0 Å². The fourth-order valence-electron chi connectivity index (χ4n) is 0.242. The van der Waals surface area contributed by atoms with Gasteiger partial charge >= 0.3 is 5.97 Å². The summed E-state index contributed by atoms with van der Waals surface area (Å²) < 4.78 is 4.50. The quantitative estimate of drug-likeness (QED) is 0.347. The van der Waals surface area contributed by atoms with E-state index < -0.39 is 5.97 Å². The van der Waals surface area contributed by atoms with Gasteiger partial charge in [0.15, 0.2) is 0 Å². The Kier molecular flexibility index (Phi) is 2.51. The van der Waals surface area contributed by atoms with Gasteiger partial charge in [-0.3, -0.25) is 0 Å². The zero-order valence-corrected chi connectivity index (χ0v) is 5.18. The number of carbonyl (C=O) groups is 1. The Hall–Kier alpha value is -1.25. The Morgan fingerprint density at radius 1 is 1.56 bits per heavy atom. The van der Waals surface area contributed by atoms with E-state index in [1.165, 1.54) is 7.11 Å². The van der Waals surface area contributed by atoms with Gasteiger partial charge in [-0.05, 0) is 0 Å². The monoisotopic (exact) mass is 128 g/mol. The van der Waals surface area contributed by atoms with Gasteiger partial charge in [-0.1, -0.05) is 13.2 Å². The summed E-state index contributed by atoms with van der Waals surface area (Å²) >= 11 is 0. The van der Waals surface area contributed by atoms with E-state index in [1.54, 1.807) is 0 Å². The summed E-state index contributed by atoms with van der Waals surface area (Å²) in [5, 5.41) is 8.24. The van der Waals surface area contributed by atoms with E-state index in [4.69, 9.17) is 5.11 Å². The number of aliphatic carboxylic acids is 1. The largest absolute Gasteiger partial charge is 0.497 e. The van der Waals surface area contributed by atoms with Crippen LogP contribution in [0.2, 0.25) is 0 Å². The number of carboxylic acids is 1. The molecular weight excluding hydrogens is 120 g/mol. The second kappa shape index (κ2) is 2.91. The summed E-state index contributed by atoms with van der Waals surface area (Å²) in [6.07, 6.45) is 0. The lowest BCUT2D eigenvalue weighted by molar-refractivity contribution is -0.132. The summed E-state index contributed by atoms with van der Waals surface area (Å²) in [7, 11) is 1.34. The van der Waals surface area contributed by atoms with Crippen molar-refractivity contribution in [1.29, 1.82) is 0 Å². The van der Waals surface area contributed by atoms with Crippen LogP contribution in [0.1, 0.15) is 0 Å². The maximum absolute atomic E-state index is 10.1. The van der Waals surface area contributed by atoms with Crippen molar-refractivity contribution >= 4 is 5.97 Å². The number of methoxy groups -OCH3 is 1. The third-order valence-corrected chi connectivity index (χ3v) is 0.841. The molecule has 0 spiro atoms. The lowest BCUT2D eigenvalue weighted by Gasteiger charge is -2.00. The van der Waals surface area contributed by atoms with Crippen molar-refractivity contribution in [3.05, 3.63) is 24.5 Å². The molecule has 0 aliphatic rings. The maximum atomic E-state index is 10.1. The SMILES string of the molecule is C=C(OC)C(=C)C(=O)O. The number of hydrogen-bond acceptors (Lipinski definition) is 2. The van der Waals surface area contributed by atoms with Crippen LogP contribution < -0.4 is 0 Å². The molecule has 9 heavy (non-hydrogen) atoms. The fraction of sp³-hybridized carbons (Fsp3) is 0.167. The number of hydrogen-bond donors (Lipinski definition) is 1. The maximum Gasteiger partial charge on any atom is 0.338 e. The van der Waals surface area contributed by atoms with Crippen molar-refractivity contribution in [3.63, 3.8) is 0 Å². The van der Waals surface area contributed by atoms with Gasteiger partial charge in [0.2, 0.25) is 0 Å². The fourth-order valence-corrected chi connectivity index (χ4v) is 0.242. The van der Waals surface area contributed by atoms with E-state index in [2.05, 4.69) is 17.9 Å². The summed E-state index contributed by atoms with van der Waals surface area (Å²) in [5.41, 5.74) is -0.113. The van der Waals surface area contributed by atoms with Crippen molar-refractivity contribution in [3.8, 4) is 0 Å². The van der Waals surface area contributed by atoms with Gasteiger partial charge in [-0.15, -0.1) is 0 Å². The zero-order chi connectivity index (χ0) is 7.44. The van der Waals surface area contributed by atoms with Crippen molar-refractivity contribution < 1.29 is 14.6 Å². The van der Waals surface area contributed by atoms with E-state index in [9.17, 15) is 4.79 Å². The molecule has 0 aromatic rings. The average molecular weight is 128 g/mol. The van der Waals surface area contributed by atoms with Gasteiger partial charge < -0.3 is 9.84 Å². The molecule has 0 fully saturated rings. The van der Waals surface area contributed by atoms with Gasteiger partial charge in [-0.2, -0.15) is 0 Å². The Labute approximate surface area is 53.3 Å². The van der Waals surface area contributed by atoms with Crippen molar-refractivity contribution in [2.24, 2.45) is 0 Å². The first-order valence-corrected chi connectivity index (χ1v) is 2.25. The minimum atomic E-state index is -1.11.